The van der Waals surface area contributed by atoms with Crippen LogP contribution in [0.5, 0.6) is 0 Å². The summed E-state index contributed by atoms with van der Waals surface area (Å²) in [6.07, 6.45) is 3.85. The van der Waals surface area contributed by atoms with E-state index < -0.39 is 0 Å². The van der Waals surface area contributed by atoms with Crippen LogP contribution in [0.3, 0.4) is 0 Å². The van der Waals surface area contributed by atoms with E-state index in [1.165, 1.54) is 12.1 Å². The summed E-state index contributed by atoms with van der Waals surface area (Å²) in [5.74, 6) is -0.526. The van der Waals surface area contributed by atoms with Gasteiger partial charge in [-0.1, -0.05) is 6.92 Å². The number of pyridine rings is 1. The minimum Gasteiger partial charge on any atom is -0.466 e. The van der Waals surface area contributed by atoms with Crippen LogP contribution >= 0.6 is 0 Å². The topological polar surface area (TPSA) is 59.5 Å². The number of ether oxygens (including phenoxy) is 1. The summed E-state index contributed by atoms with van der Waals surface area (Å²) < 4.78 is 18.8. The fourth-order valence-electron chi connectivity index (χ4n) is 3.92. The van der Waals surface area contributed by atoms with E-state index in [1.54, 1.807) is 23.2 Å². The van der Waals surface area contributed by atoms with Crippen LogP contribution in [0.15, 0.2) is 30.5 Å². The van der Waals surface area contributed by atoms with Gasteiger partial charge in [0.25, 0.3) is 5.91 Å². The first-order chi connectivity index (χ1) is 13.0. The Kier molecular flexibility index (Phi) is 6.04. The van der Waals surface area contributed by atoms with Crippen molar-refractivity contribution < 1.29 is 18.7 Å². The van der Waals surface area contributed by atoms with Crippen molar-refractivity contribution >= 4 is 22.8 Å². The number of carbonyl (C=O) groups is 2. The number of rotatable bonds is 5. The van der Waals surface area contributed by atoms with Crippen molar-refractivity contribution in [2.45, 2.75) is 33.1 Å². The first kappa shape index (κ1) is 19.3. The molecule has 5 nitrogen and oxygen atoms in total. The largest absolute Gasteiger partial charge is 0.466 e. The summed E-state index contributed by atoms with van der Waals surface area (Å²) in [5, 5.41) is 0.530. The van der Waals surface area contributed by atoms with Crippen LogP contribution in [0.4, 0.5) is 4.39 Å². The van der Waals surface area contributed by atoms with Crippen molar-refractivity contribution in [2.24, 2.45) is 11.8 Å². The minimum absolute atomic E-state index is 0.113. The van der Waals surface area contributed by atoms with Crippen LogP contribution in [-0.2, 0) is 9.53 Å². The molecule has 0 bridgehead atoms. The van der Waals surface area contributed by atoms with E-state index in [1.807, 2.05) is 13.8 Å². The van der Waals surface area contributed by atoms with Crippen molar-refractivity contribution in [3.63, 3.8) is 0 Å². The summed E-state index contributed by atoms with van der Waals surface area (Å²) in [6.45, 7) is 5.36. The first-order valence-electron chi connectivity index (χ1n) is 9.55. The molecule has 1 aliphatic rings. The summed E-state index contributed by atoms with van der Waals surface area (Å²) in [5.41, 5.74) is 1.07. The molecule has 2 aromatic rings. The standard InChI is InChI=1S/C21H25FN2O3/c1-3-16(21(26)27-4-2)14-8-11-24(12-9-14)20(25)17-7-10-23-19-6-5-15(22)13-18(17)19/h5-7,10,13-14,16H,3-4,8-9,11-12H2,1-2H3. The van der Waals surface area contributed by atoms with Crippen LogP contribution in [0.25, 0.3) is 10.9 Å². The number of aromatic nitrogens is 1. The lowest BCUT2D eigenvalue weighted by Gasteiger charge is -2.35. The quantitative estimate of drug-likeness (QED) is 0.749. The van der Waals surface area contributed by atoms with Gasteiger partial charge in [-0.2, -0.15) is 0 Å². The van der Waals surface area contributed by atoms with Crippen molar-refractivity contribution in [3.8, 4) is 0 Å². The average Bonchev–Trinajstić information content (AvgIpc) is 2.68. The molecule has 0 aliphatic carbocycles. The molecule has 1 aliphatic heterocycles. The molecule has 2 heterocycles. The van der Waals surface area contributed by atoms with Crippen LogP contribution in [0, 0.1) is 17.7 Å². The Hall–Kier alpha value is -2.50. The number of hydrogen-bond donors (Lipinski definition) is 0. The zero-order valence-corrected chi connectivity index (χ0v) is 15.8. The van der Waals surface area contributed by atoms with E-state index in [-0.39, 0.29) is 29.5 Å². The summed E-state index contributed by atoms with van der Waals surface area (Å²) in [7, 11) is 0. The Morgan fingerprint density at radius 1 is 1.26 bits per heavy atom. The Bertz CT molecular complexity index is 831. The van der Waals surface area contributed by atoms with Gasteiger partial charge in [0, 0.05) is 24.7 Å². The van der Waals surface area contributed by atoms with Crippen molar-refractivity contribution in [2.75, 3.05) is 19.7 Å². The molecular weight excluding hydrogens is 347 g/mol. The maximum absolute atomic E-state index is 13.6. The second-order valence-corrected chi connectivity index (χ2v) is 6.92. The number of likely N-dealkylation sites (tertiary alicyclic amines) is 1. The van der Waals surface area contributed by atoms with Crippen LogP contribution in [0.1, 0.15) is 43.5 Å². The lowest BCUT2D eigenvalue weighted by atomic mass is 9.82. The normalized spacial score (nSPS) is 16.3. The van der Waals surface area contributed by atoms with E-state index in [9.17, 15) is 14.0 Å². The van der Waals surface area contributed by atoms with Gasteiger partial charge in [0.1, 0.15) is 5.82 Å². The number of esters is 1. The molecular formula is C21H25FN2O3. The molecule has 1 saturated heterocycles. The van der Waals surface area contributed by atoms with E-state index in [0.717, 1.165) is 19.3 Å². The van der Waals surface area contributed by atoms with Gasteiger partial charge in [0.05, 0.1) is 23.6 Å². The predicted octanol–water partition coefficient (Wildman–Crippen LogP) is 3.82. The van der Waals surface area contributed by atoms with Gasteiger partial charge in [0.2, 0.25) is 0 Å². The van der Waals surface area contributed by atoms with E-state index in [0.29, 0.717) is 36.2 Å². The molecule has 1 fully saturated rings. The zero-order chi connectivity index (χ0) is 19.4. The van der Waals surface area contributed by atoms with Gasteiger partial charge in [-0.3, -0.25) is 14.6 Å². The lowest BCUT2D eigenvalue weighted by molar-refractivity contribution is -0.150. The monoisotopic (exact) mass is 372 g/mol. The minimum atomic E-state index is -0.386. The second kappa shape index (κ2) is 8.46. The van der Waals surface area contributed by atoms with Gasteiger partial charge in [-0.15, -0.1) is 0 Å². The van der Waals surface area contributed by atoms with Crippen molar-refractivity contribution in [1.29, 1.82) is 0 Å². The summed E-state index contributed by atoms with van der Waals surface area (Å²) in [4.78, 5) is 31.1. The predicted molar refractivity (Wildman–Crippen MR) is 101 cm³/mol. The number of fused-ring (bicyclic) bond motifs is 1. The number of amides is 1. The molecule has 3 rings (SSSR count). The maximum Gasteiger partial charge on any atom is 0.309 e. The van der Waals surface area contributed by atoms with Crippen molar-refractivity contribution in [1.82, 2.24) is 9.88 Å². The fraction of sp³-hybridized carbons (Fsp3) is 0.476. The smallest absolute Gasteiger partial charge is 0.309 e. The maximum atomic E-state index is 13.6. The van der Waals surface area contributed by atoms with Gasteiger partial charge in [-0.25, -0.2) is 4.39 Å². The number of nitrogens with zero attached hydrogens (tertiary/aromatic N) is 2. The van der Waals surface area contributed by atoms with Crippen LogP contribution in [-0.4, -0.2) is 41.5 Å². The summed E-state index contributed by atoms with van der Waals surface area (Å²) >= 11 is 0. The fourth-order valence-corrected chi connectivity index (χ4v) is 3.92. The highest BCUT2D eigenvalue weighted by molar-refractivity contribution is 6.06. The molecule has 27 heavy (non-hydrogen) atoms. The Balaban J connectivity index is 1.72. The number of hydrogen-bond acceptors (Lipinski definition) is 4. The third kappa shape index (κ3) is 4.10. The lowest BCUT2D eigenvalue weighted by Crippen LogP contribution is -2.41. The molecule has 1 unspecified atom stereocenters. The SMILES string of the molecule is CCOC(=O)C(CC)C1CCN(C(=O)c2ccnc3ccc(F)cc23)CC1. The molecule has 0 saturated carbocycles. The molecule has 1 atom stereocenters. The number of benzene rings is 1. The van der Waals surface area contributed by atoms with Gasteiger partial charge in [0.15, 0.2) is 0 Å². The molecule has 1 amide bonds. The van der Waals surface area contributed by atoms with Gasteiger partial charge in [-0.05, 0) is 56.4 Å². The molecule has 0 spiro atoms. The average molecular weight is 372 g/mol. The first-order valence-corrected chi connectivity index (χ1v) is 9.55. The molecule has 1 aromatic heterocycles. The van der Waals surface area contributed by atoms with E-state index >= 15 is 0 Å². The van der Waals surface area contributed by atoms with Crippen LogP contribution in [0.2, 0.25) is 0 Å². The number of carbonyl (C=O) groups excluding carboxylic acids is 2. The van der Waals surface area contributed by atoms with E-state index in [2.05, 4.69) is 4.98 Å². The Labute approximate surface area is 158 Å². The van der Waals surface area contributed by atoms with Gasteiger partial charge >= 0.3 is 5.97 Å². The second-order valence-electron chi connectivity index (χ2n) is 6.92. The summed E-state index contributed by atoms with van der Waals surface area (Å²) in [6, 6.07) is 5.92. The third-order valence-electron chi connectivity index (χ3n) is 5.36. The number of halogens is 1. The Morgan fingerprint density at radius 3 is 2.67 bits per heavy atom. The Morgan fingerprint density at radius 2 is 2.00 bits per heavy atom. The molecule has 0 N–H and O–H groups in total. The van der Waals surface area contributed by atoms with Gasteiger partial charge < -0.3 is 9.64 Å². The highest BCUT2D eigenvalue weighted by Crippen LogP contribution is 2.30. The number of piperidine rings is 1. The molecule has 1 aromatic carbocycles. The van der Waals surface area contributed by atoms with Crippen molar-refractivity contribution in [3.05, 3.63) is 41.8 Å². The van der Waals surface area contributed by atoms with Crippen LogP contribution < -0.4 is 0 Å². The highest BCUT2D eigenvalue weighted by atomic mass is 19.1. The highest BCUT2D eigenvalue weighted by Gasteiger charge is 2.32. The third-order valence-corrected chi connectivity index (χ3v) is 5.36. The molecule has 0 radical (unpaired) electrons. The zero-order valence-electron chi connectivity index (χ0n) is 15.8. The molecule has 144 valence electrons. The van der Waals surface area contributed by atoms with E-state index in [4.69, 9.17) is 4.74 Å². The molecule has 6 heteroatoms.